The summed E-state index contributed by atoms with van der Waals surface area (Å²) in [5.41, 5.74) is 4.27. The normalized spacial score (nSPS) is 12.1. The number of nitrogens with one attached hydrogen (secondary N) is 1. The van der Waals surface area contributed by atoms with Gasteiger partial charge in [-0.05, 0) is 42.2 Å². The second-order valence-corrected chi connectivity index (χ2v) is 13.7. The Morgan fingerprint density at radius 1 is 0.969 bits per heavy atom. The fraction of sp³-hybridized carbons (Fsp3) is 0.250. The summed E-state index contributed by atoms with van der Waals surface area (Å²) in [7, 11) is -1.47. The fourth-order valence-corrected chi connectivity index (χ4v) is 6.06. The minimum atomic E-state index is -1.47. The molecule has 0 heterocycles. The first kappa shape index (κ1) is 23.5. The molecule has 1 N–H and O–H groups in total. The Morgan fingerprint density at radius 3 is 2.22 bits per heavy atom. The topological polar surface area (TPSA) is 38.3 Å². The van der Waals surface area contributed by atoms with E-state index in [1.54, 1.807) is 0 Å². The van der Waals surface area contributed by atoms with Crippen LogP contribution in [-0.4, -0.2) is 20.3 Å². The van der Waals surface area contributed by atoms with Crippen molar-refractivity contribution in [3.05, 3.63) is 97.1 Å². The van der Waals surface area contributed by atoms with Crippen LogP contribution in [0.25, 0.3) is 11.1 Å². The predicted octanol–water partition coefficient (Wildman–Crippen LogP) is 7.02. The molecule has 0 aliphatic rings. The molecule has 3 rings (SSSR count). The van der Waals surface area contributed by atoms with Crippen molar-refractivity contribution >= 4 is 25.0 Å². The van der Waals surface area contributed by atoms with Gasteiger partial charge in [-0.15, -0.1) is 6.58 Å². The van der Waals surface area contributed by atoms with E-state index >= 15 is 0 Å². The van der Waals surface area contributed by atoms with E-state index in [1.807, 2.05) is 43.3 Å². The van der Waals surface area contributed by atoms with Gasteiger partial charge in [-0.3, -0.25) is 5.32 Å². The molecule has 0 saturated carbocycles. The molecule has 3 aromatic rings. The smallest absolute Gasteiger partial charge is 0.411 e. The third-order valence-corrected chi connectivity index (χ3v) is 9.21. The third-order valence-electron chi connectivity index (χ3n) is 5.78. The lowest BCUT2D eigenvalue weighted by atomic mass is 10.0. The van der Waals surface area contributed by atoms with Gasteiger partial charge in [0.2, 0.25) is 0 Å². The van der Waals surface area contributed by atoms with Gasteiger partial charge < -0.3 is 4.74 Å². The van der Waals surface area contributed by atoms with Crippen molar-refractivity contribution in [1.29, 1.82) is 0 Å². The Morgan fingerprint density at radius 2 is 1.59 bits per heavy atom. The van der Waals surface area contributed by atoms with E-state index in [0.29, 0.717) is 6.42 Å². The molecule has 0 aliphatic heterocycles. The molecule has 166 valence electrons. The summed E-state index contributed by atoms with van der Waals surface area (Å²) in [6.07, 6.45) is 3.05. The van der Waals surface area contributed by atoms with Crippen LogP contribution in [0.15, 0.2) is 91.5 Å². The molecule has 3 aromatic carbocycles. The van der Waals surface area contributed by atoms with Gasteiger partial charge in [0.1, 0.15) is 6.10 Å². The standard InChI is InChI=1S/C28H33NO2Si/c1-5-6-20-32(3,4)27-18-16-26(17-19-27)29-28(30)31-22(2)21-23-12-14-25(15-13-23)24-10-8-7-9-11-24/h5,7-19,22H,1,6,20-21H2,2-4H3,(H,29,30). The minimum Gasteiger partial charge on any atom is -0.446 e. The van der Waals surface area contributed by atoms with Crippen LogP contribution in [0.1, 0.15) is 18.9 Å². The molecule has 1 atom stereocenters. The Kier molecular flexibility index (Phi) is 8.07. The van der Waals surface area contributed by atoms with Crippen LogP contribution in [0.5, 0.6) is 0 Å². The summed E-state index contributed by atoms with van der Waals surface area (Å²) in [5, 5.41) is 4.23. The van der Waals surface area contributed by atoms with Gasteiger partial charge in [0.25, 0.3) is 0 Å². The average molecular weight is 444 g/mol. The monoisotopic (exact) mass is 443 g/mol. The van der Waals surface area contributed by atoms with Crippen LogP contribution >= 0.6 is 0 Å². The fourth-order valence-electron chi connectivity index (χ4n) is 3.78. The maximum atomic E-state index is 12.3. The maximum Gasteiger partial charge on any atom is 0.411 e. The zero-order valence-corrected chi connectivity index (χ0v) is 20.3. The summed E-state index contributed by atoms with van der Waals surface area (Å²) >= 11 is 0. The van der Waals surface area contributed by atoms with Gasteiger partial charge in [-0.2, -0.15) is 0 Å². The van der Waals surface area contributed by atoms with Crippen LogP contribution < -0.4 is 10.5 Å². The minimum absolute atomic E-state index is 0.220. The summed E-state index contributed by atoms with van der Waals surface area (Å²) in [6, 6.07) is 28.1. The molecule has 0 aliphatic carbocycles. The van der Waals surface area contributed by atoms with E-state index in [-0.39, 0.29) is 6.10 Å². The average Bonchev–Trinajstić information content (AvgIpc) is 2.79. The second kappa shape index (κ2) is 11.0. The first-order valence-corrected chi connectivity index (χ1v) is 14.4. The Hall–Kier alpha value is -3.11. The zero-order chi connectivity index (χ0) is 23.0. The predicted molar refractivity (Wildman–Crippen MR) is 138 cm³/mol. The molecule has 3 nitrogen and oxygen atoms in total. The second-order valence-electron chi connectivity index (χ2n) is 8.90. The van der Waals surface area contributed by atoms with E-state index in [2.05, 4.69) is 73.5 Å². The SMILES string of the molecule is C=CCC[Si](C)(C)c1ccc(NC(=O)OC(C)Cc2ccc(-c3ccccc3)cc2)cc1. The number of hydrogen-bond acceptors (Lipinski definition) is 2. The number of ether oxygens (including phenoxy) is 1. The van der Waals surface area contributed by atoms with Gasteiger partial charge in [0.05, 0.1) is 8.07 Å². The van der Waals surface area contributed by atoms with Crippen molar-refractivity contribution in [2.45, 2.75) is 45.0 Å². The van der Waals surface area contributed by atoms with E-state index in [4.69, 9.17) is 4.74 Å². The lowest BCUT2D eigenvalue weighted by Crippen LogP contribution is -2.40. The van der Waals surface area contributed by atoms with E-state index in [0.717, 1.165) is 17.7 Å². The number of allylic oxidation sites excluding steroid dienone is 1. The van der Waals surface area contributed by atoms with Crippen LogP contribution in [0.2, 0.25) is 19.1 Å². The van der Waals surface area contributed by atoms with E-state index < -0.39 is 14.2 Å². The molecule has 0 bridgehead atoms. The van der Waals surface area contributed by atoms with Crippen LogP contribution in [-0.2, 0) is 11.2 Å². The first-order chi connectivity index (χ1) is 15.4. The number of hydrogen-bond donors (Lipinski definition) is 1. The van der Waals surface area contributed by atoms with Gasteiger partial charge in [0.15, 0.2) is 0 Å². The molecule has 32 heavy (non-hydrogen) atoms. The Balaban J connectivity index is 1.51. The van der Waals surface area contributed by atoms with Gasteiger partial charge in [-0.25, -0.2) is 4.79 Å². The Labute approximate surface area is 193 Å². The van der Waals surface area contributed by atoms with Crippen LogP contribution in [0, 0.1) is 0 Å². The highest BCUT2D eigenvalue weighted by Gasteiger charge is 2.22. The number of benzene rings is 3. The summed E-state index contributed by atoms with van der Waals surface area (Å²) in [6.45, 7) is 10.5. The van der Waals surface area contributed by atoms with Crippen molar-refractivity contribution in [1.82, 2.24) is 0 Å². The molecule has 0 aromatic heterocycles. The quantitative estimate of drug-likeness (QED) is 0.285. The number of carbonyl (C=O) groups is 1. The zero-order valence-electron chi connectivity index (χ0n) is 19.3. The van der Waals surface area contributed by atoms with Crippen molar-refractivity contribution in [3.63, 3.8) is 0 Å². The molecule has 4 heteroatoms. The number of carbonyl (C=O) groups excluding carboxylic acids is 1. The largest absolute Gasteiger partial charge is 0.446 e. The molecule has 0 fully saturated rings. The van der Waals surface area contributed by atoms with Crippen molar-refractivity contribution in [2.24, 2.45) is 0 Å². The van der Waals surface area contributed by atoms with Crippen LogP contribution in [0.4, 0.5) is 10.5 Å². The van der Waals surface area contributed by atoms with Gasteiger partial charge in [-0.1, -0.05) is 97.1 Å². The number of anilines is 1. The number of rotatable bonds is 9. The molecule has 0 spiro atoms. The molecular weight excluding hydrogens is 410 g/mol. The van der Waals surface area contributed by atoms with Crippen molar-refractivity contribution in [3.8, 4) is 11.1 Å². The van der Waals surface area contributed by atoms with Crippen LogP contribution in [0.3, 0.4) is 0 Å². The summed E-state index contributed by atoms with van der Waals surface area (Å²) in [4.78, 5) is 12.3. The summed E-state index contributed by atoms with van der Waals surface area (Å²) in [5.74, 6) is 0. The lowest BCUT2D eigenvalue weighted by molar-refractivity contribution is 0.120. The molecule has 1 amide bonds. The highest BCUT2D eigenvalue weighted by molar-refractivity contribution is 6.89. The molecule has 0 saturated heterocycles. The molecular formula is C28H33NO2Si. The van der Waals surface area contributed by atoms with E-state index in [1.165, 1.54) is 22.4 Å². The highest BCUT2D eigenvalue weighted by Crippen LogP contribution is 2.20. The third kappa shape index (κ3) is 6.69. The Bertz CT molecular complexity index is 1010. The van der Waals surface area contributed by atoms with Gasteiger partial charge in [0, 0.05) is 12.1 Å². The summed E-state index contributed by atoms with van der Waals surface area (Å²) < 4.78 is 5.57. The lowest BCUT2D eigenvalue weighted by Gasteiger charge is -2.22. The first-order valence-electron chi connectivity index (χ1n) is 11.2. The highest BCUT2D eigenvalue weighted by atomic mass is 28.3. The molecule has 1 unspecified atom stereocenters. The maximum absolute atomic E-state index is 12.3. The number of amides is 1. The van der Waals surface area contributed by atoms with Gasteiger partial charge >= 0.3 is 6.09 Å². The van der Waals surface area contributed by atoms with Crippen molar-refractivity contribution in [2.75, 3.05) is 5.32 Å². The van der Waals surface area contributed by atoms with Crippen molar-refractivity contribution < 1.29 is 9.53 Å². The molecule has 0 radical (unpaired) electrons. The van der Waals surface area contributed by atoms with E-state index in [9.17, 15) is 4.79 Å².